The first-order valence-corrected chi connectivity index (χ1v) is 9.79. The van der Waals surface area contributed by atoms with Gasteiger partial charge in [-0.3, -0.25) is 4.68 Å². The zero-order chi connectivity index (χ0) is 18.4. The van der Waals surface area contributed by atoms with E-state index in [4.69, 9.17) is 39.2 Å². The molecule has 4 aromatic rings. The highest BCUT2D eigenvalue weighted by Gasteiger charge is 2.18. The summed E-state index contributed by atoms with van der Waals surface area (Å²) in [4.78, 5) is 0.747. The van der Waals surface area contributed by atoms with Crippen molar-refractivity contribution < 1.29 is 4.42 Å². The Balaban J connectivity index is 1.58. The largest absolute Gasteiger partial charge is 0.420 e. The lowest BCUT2D eigenvalue weighted by Crippen LogP contribution is -2.05. The molecule has 26 heavy (non-hydrogen) atoms. The number of aryl methyl sites for hydroxylation is 3. The van der Waals surface area contributed by atoms with Crippen molar-refractivity contribution in [2.45, 2.75) is 26.8 Å². The van der Waals surface area contributed by atoms with Crippen LogP contribution in [0.15, 0.2) is 22.6 Å². The van der Waals surface area contributed by atoms with Crippen LogP contribution in [0.25, 0.3) is 20.9 Å². The maximum Gasteiger partial charge on any atom is 0.259 e. The lowest BCUT2D eigenvalue weighted by molar-refractivity contribution is 0.472. The highest BCUT2D eigenvalue weighted by atomic mass is 35.5. The SMILES string of the molecule is Cc1nn(CCc2nnc(-c3sc4cc(Cl)ccc4c3Cl)o2)c(C)c1Cl. The second-order valence-corrected chi connectivity index (χ2v) is 8.09. The van der Waals surface area contributed by atoms with Crippen LogP contribution in [-0.2, 0) is 13.0 Å². The van der Waals surface area contributed by atoms with Crippen molar-refractivity contribution in [3.63, 3.8) is 0 Å². The number of thiophene rings is 1. The van der Waals surface area contributed by atoms with E-state index in [0.29, 0.717) is 39.8 Å². The molecular formula is C17H13Cl3N4OS. The summed E-state index contributed by atoms with van der Waals surface area (Å²) in [6.07, 6.45) is 0.555. The first-order chi connectivity index (χ1) is 12.4. The molecule has 0 unspecified atom stereocenters. The first-order valence-electron chi connectivity index (χ1n) is 7.84. The third kappa shape index (κ3) is 3.11. The summed E-state index contributed by atoms with van der Waals surface area (Å²) in [6, 6.07) is 5.58. The fourth-order valence-corrected chi connectivity index (χ4v) is 4.56. The molecule has 134 valence electrons. The van der Waals surface area contributed by atoms with Gasteiger partial charge < -0.3 is 4.42 Å². The maximum atomic E-state index is 6.48. The van der Waals surface area contributed by atoms with Crippen molar-refractivity contribution in [1.82, 2.24) is 20.0 Å². The molecule has 0 aliphatic rings. The molecule has 0 saturated heterocycles. The van der Waals surface area contributed by atoms with Crippen molar-refractivity contribution in [2.24, 2.45) is 0 Å². The topological polar surface area (TPSA) is 56.7 Å². The third-order valence-electron chi connectivity index (χ3n) is 4.08. The second kappa shape index (κ2) is 6.85. The van der Waals surface area contributed by atoms with Crippen molar-refractivity contribution in [3.05, 3.63) is 50.5 Å². The maximum absolute atomic E-state index is 6.48. The normalized spacial score (nSPS) is 11.6. The van der Waals surface area contributed by atoms with Gasteiger partial charge in [0.25, 0.3) is 5.89 Å². The highest BCUT2D eigenvalue weighted by Crippen LogP contribution is 2.42. The number of rotatable bonds is 4. The van der Waals surface area contributed by atoms with Gasteiger partial charge in [-0.15, -0.1) is 21.5 Å². The van der Waals surface area contributed by atoms with Gasteiger partial charge in [0, 0.05) is 28.1 Å². The minimum atomic E-state index is 0.411. The van der Waals surface area contributed by atoms with Crippen LogP contribution in [0.3, 0.4) is 0 Å². The molecule has 3 aromatic heterocycles. The quantitative estimate of drug-likeness (QED) is 0.403. The van der Waals surface area contributed by atoms with Gasteiger partial charge in [0.2, 0.25) is 5.89 Å². The molecule has 0 saturated carbocycles. The number of nitrogens with zero attached hydrogens (tertiary/aromatic N) is 4. The Labute approximate surface area is 168 Å². The van der Waals surface area contributed by atoms with Gasteiger partial charge in [-0.05, 0) is 26.0 Å². The van der Waals surface area contributed by atoms with Crippen molar-refractivity contribution >= 4 is 56.2 Å². The lowest BCUT2D eigenvalue weighted by atomic mass is 10.2. The number of halogens is 3. The van der Waals surface area contributed by atoms with E-state index in [2.05, 4.69) is 15.3 Å². The van der Waals surface area contributed by atoms with E-state index in [1.807, 2.05) is 36.7 Å². The Morgan fingerprint density at radius 1 is 1.12 bits per heavy atom. The van der Waals surface area contributed by atoms with E-state index in [0.717, 1.165) is 26.4 Å². The summed E-state index contributed by atoms with van der Waals surface area (Å²) < 4.78 is 8.63. The molecule has 0 radical (unpaired) electrons. The van der Waals surface area contributed by atoms with Crippen molar-refractivity contribution in [3.8, 4) is 10.8 Å². The zero-order valence-electron chi connectivity index (χ0n) is 13.9. The van der Waals surface area contributed by atoms with Crippen LogP contribution in [0.2, 0.25) is 15.1 Å². The third-order valence-corrected chi connectivity index (χ3v) is 6.51. The van der Waals surface area contributed by atoms with E-state index in [9.17, 15) is 0 Å². The van der Waals surface area contributed by atoms with Crippen molar-refractivity contribution in [1.29, 1.82) is 0 Å². The Bertz CT molecular complexity index is 1120. The van der Waals surface area contributed by atoms with Gasteiger partial charge in [-0.2, -0.15) is 5.10 Å². The fourth-order valence-electron chi connectivity index (χ4n) is 2.72. The van der Waals surface area contributed by atoms with Crippen LogP contribution in [0.5, 0.6) is 0 Å². The first kappa shape index (κ1) is 17.8. The lowest BCUT2D eigenvalue weighted by Gasteiger charge is -2.01. The molecule has 5 nitrogen and oxygen atoms in total. The monoisotopic (exact) mass is 426 g/mol. The predicted molar refractivity (Wildman–Crippen MR) is 106 cm³/mol. The Morgan fingerprint density at radius 3 is 2.65 bits per heavy atom. The summed E-state index contributed by atoms with van der Waals surface area (Å²) >= 11 is 20.2. The molecule has 0 aliphatic carbocycles. The minimum Gasteiger partial charge on any atom is -0.420 e. The van der Waals surface area contributed by atoms with Crippen LogP contribution < -0.4 is 0 Å². The molecule has 3 heterocycles. The Hall–Kier alpha value is -1.60. The molecule has 0 amide bonds. The van der Waals surface area contributed by atoms with E-state index in [1.165, 1.54) is 11.3 Å². The fraction of sp³-hybridized carbons (Fsp3) is 0.235. The van der Waals surface area contributed by atoms with Gasteiger partial charge in [0.15, 0.2) is 0 Å². The van der Waals surface area contributed by atoms with Crippen LogP contribution in [0.4, 0.5) is 0 Å². The van der Waals surface area contributed by atoms with Crippen LogP contribution in [-0.4, -0.2) is 20.0 Å². The minimum absolute atomic E-state index is 0.411. The summed E-state index contributed by atoms with van der Waals surface area (Å²) in [5, 5.41) is 15.5. The Morgan fingerprint density at radius 2 is 1.92 bits per heavy atom. The summed E-state index contributed by atoms with van der Waals surface area (Å²) in [6.45, 7) is 4.42. The molecule has 0 N–H and O–H groups in total. The molecule has 4 rings (SSSR count). The number of benzene rings is 1. The number of aromatic nitrogens is 4. The molecule has 9 heteroatoms. The predicted octanol–water partition coefficient (Wildman–Crippen LogP) is 5.97. The Kier molecular flexibility index (Phi) is 4.69. The van der Waals surface area contributed by atoms with E-state index in [-0.39, 0.29) is 0 Å². The molecule has 0 aliphatic heterocycles. The molecule has 0 spiro atoms. The number of fused-ring (bicyclic) bond motifs is 1. The molecule has 0 atom stereocenters. The van der Waals surface area contributed by atoms with Crippen LogP contribution in [0, 0.1) is 13.8 Å². The number of hydrogen-bond donors (Lipinski definition) is 0. The average molecular weight is 428 g/mol. The van der Waals surface area contributed by atoms with Gasteiger partial charge in [-0.1, -0.05) is 40.9 Å². The van der Waals surface area contributed by atoms with Crippen LogP contribution in [0.1, 0.15) is 17.3 Å². The molecule has 0 bridgehead atoms. The smallest absolute Gasteiger partial charge is 0.259 e. The standard InChI is InChI=1S/C17H13Cl3N4OS/c1-8-14(19)9(2)24(23-8)6-5-13-21-22-17(25-13)16-15(20)11-4-3-10(18)7-12(11)26-16/h3-4,7H,5-6H2,1-2H3. The average Bonchev–Trinajstić information content (AvgIpc) is 3.27. The summed E-state index contributed by atoms with van der Waals surface area (Å²) in [5.41, 5.74) is 1.74. The van der Waals surface area contributed by atoms with E-state index < -0.39 is 0 Å². The van der Waals surface area contributed by atoms with Crippen molar-refractivity contribution in [2.75, 3.05) is 0 Å². The van der Waals surface area contributed by atoms with Gasteiger partial charge in [-0.25, -0.2) is 0 Å². The van der Waals surface area contributed by atoms with Gasteiger partial charge >= 0.3 is 0 Å². The van der Waals surface area contributed by atoms with E-state index in [1.54, 1.807) is 0 Å². The highest BCUT2D eigenvalue weighted by molar-refractivity contribution is 7.23. The molecular weight excluding hydrogens is 415 g/mol. The summed E-state index contributed by atoms with van der Waals surface area (Å²) in [5.74, 6) is 0.934. The zero-order valence-corrected chi connectivity index (χ0v) is 17.0. The molecule has 0 fully saturated rings. The summed E-state index contributed by atoms with van der Waals surface area (Å²) in [7, 11) is 0. The van der Waals surface area contributed by atoms with E-state index >= 15 is 0 Å². The number of hydrogen-bond acceptors (Lipinski definition) is 5. The van der Waals surface area contributed by atoms with Crippen LogP contribution >= 0.6 is 46.1 Å². The second-order valence-electron chi connectivity index (χ2n) is 5.84. The van der Waals surface area contributed by atoms with Gasteiger partial charge in [0.1, 0.15) is 4.88 Å². The molecule has 1 aromatic carbocycles. The van der Waals surface area contributed by atoms with Gasteiger partial charge in [0.05, 0.1) is 21.4 Å².